The Morgan fingerprint density at radius 1 is 1.59 bits per heavy atom. The molecule has 3 nitrogen and oxygen atoms in total. The van der Waals surface area contributed by atoms with Gasteiger partial charge in [-0.15, -0.1) is 0 Å². The summed E-state index contributed by atoms with van der Waals surface area (Å²) in [5.41, 5.74) is 0.677. The fourth-order valence-electron chi connectivity index (χ4n) is 1.84. The number of rotatable bonds is 2. The van der Waals surface area contributed by atoms with Gasteiger partial charge in [0.15, 0.2) is 0 Å². The van der Waals surface area contributed by atoms with Gasteiger partial charge in [0.05, 0.1) is 17.7 Å². The molecular weight excluding hydrogens is 397 g/mol. The third kappa shape index (κ3) is 3.20. The zero-order valence-electron chi connectivity index (χ0n) is 9.37. The van der Waals surface area contributed by atoms with E-state index in [4.69, 9.17) is 4.74 Å². The van der Waals surface area contributed by atoms with Crippen molar-refractivity contribution in [3.63, 3.8) is 0 Å². The van der Waals surface area contributed by atoms with Crippen LogP contribution in [-0.2, 0) is 4.74 Å². The normalized spacial score (nSPS) is 23.7. The van der Waals surface area contributed by atoms with Crippen molar-refractivity contribution in [1.29, 1.82) is 0 Å². The number of halogens is 2. The quantitative estimate of drug-likeness (QED) is 0.762. The van der Waals surface area contributed by atoms with Gasteiger partial charge in [-0.25, -0.2) is 0 Å². The van der Waals surface area contributed by atoms with Gasteiger partial charge >= 0.3 is 0 Å². The van der Waals surface area contributed by atoms with Crippen molar-refractivity contribution in [1.82, 2.24) is 5.32 Å². The van der Waals surface area contributed by atoms with Crippen molar-refractivity contribution < 1.29 is 9.53 Å². The lowest BCUT2D eigenvalue weighted by atomic mass is 10.1. The molecule has 0 bridgehead atoms. The Morgan fingerprint density at radius 2 is 2.35 bits per heavy atom. The Kier molecular flexibility index (Phi) is 4.43. The van der Waals surface area contributed by atoms with Crippen LogP contribution in [0.4, 0.5) is 0 Å². The molecule has 0 radical (unpaired) electrons. The van der Waals surface area contributed by atoms with Crippen molar-refractivity contribution in [2.75, 3.05) is 6.61 Å². The second kappa shape index (κ2) is 5.67. The van der Waals surface area contributed by atoms with Gasteiger partial charge in [-0.2, -0.15) is 0 Å². The summed E-state index contributed by atoms with van der Waals surface area (Å²) in [6, 6.07) is 5.85. The molecule has 0 spiro atoms. The van der Waals surface area contributed by atoms with Crippen LogP contribution in [0.15, 0.2) is 22.7 Å². The smallest absolute Gasteiger partial charge is 0.252 e. The summed E-state index contributed by atoms with van der Waals surface area (Å²) in [4.78, 5) is 12.1. The molecule has 2 rings (SSSR count). The molecule has 1 aromatic carbocycles. The van der Waals surface area contributed by atoms with Gasteiger partial charge in [-0.1, -0.05) is 0 Å². The molecule has 5 heteroatoms. The monoisotopic (exact) mass is 409 g/mol. The van der Waals surface area contributed by atoms with Gasteiger partial charge in [0.1, 0.15) is 0 Å². The van der Waals surface area contributed by atoms with E-state index in [1.807, 2.05) is 25.1 Å². The summed E-state index contributed by atoms with van der Waals surface area (Å²) in [6.07, 6.45) is 0.981. The summed E-state index contributed by atoms with van der Waals surface area (Å²) in [5, 5.41) is 3.02. The van der Waals surface area contributed by atoms with Crippen LogP contribution in [0, 0.1) is 3.57 Å². The van der Waals surface area contributed by atoms with E-state index in [-0.39, 0.29) is 18.1 Å². The molecule has 0 aromatic heterocycles. The summed E-state index contributed by atoms with van der Waals surface area (Å²) in [5.74, 6) is -0.0438. The Labute approximate surface area is 123 Å². The van der Waals surface area contributed by atoms with Crippen LogP contribution in [-0.4, -0.2) is 24.7 Å². The molecule has 1 aliphatic heterocycles. The minimum absolute atomic E-state index is 0.0438. The first-order valence-corrected chi connectivity index (χ1v) is 7.32. The van der Waals surface area contributed by atoms with Gasteiger partial charge in [0.25, 0.3) is 5.91 Å². The van der Waals surface area contributed by atoms with E-state index < -0.39 is 0 Å². The molecule has 1 heterocycles. The minimum atomic E-state index is -0.0438. The van der Waals surface area contributed by atoms with E-state index in [0.717, 1.165) is 21.1 Å². The lowest BCUT2D eigenvalue weighted by molar-refractivity contribution is 0.0865. The highest BCUT2D eigenvalue weighted by molar-refractivity contribution is 14.1. The summed E-state index contributed by atoms with van der Waals surface area (Å²) < 4.78 is 7.30. The molecule has 1 saturated heterocycles. The van der Waals surface area contributed by atoms with Gasteiger partial charge in [0.2, 0.25) is 0 Å². The lowest BCUT2D eigenvalue weighted by Crippen LogP contribution is -2.39. The number of carbonyl (C=O) groups is 1. The first kappa shape index (κ1) is 13.3. The maximum absolute atomic E-state index is 12.1. The topological polar surface area (TPSA) is 38.3 Å². The number of hydrogen-bond acceptors (Lipinski definition) is 2. The van der Waals surface area contributed by atoms with Crippen LogP contribution in [0.3, 0.4) is 0 Å². The third-order valence-corrected chi connectivity index (χ3v) is 4.23. The van der Waals surface area contributed by atoms with E-state index in [0.29, 0.717) is 5.56 Å². The summed E-state index contributed by atoms with van der Waals surface area (Å²) in [7, 11) is 0. The predicted octanol–water partition coefficient (Wildman–Crippen LogP) is 2.96. The minimum Gasteiger partial charge on any atom is -0.376 e. The largest absolute Gasteiger partial charge is 0.376 e. The van der Waals surface area contributed by atoms with Crippen LogP contribution < -0.4 is 5.32 Å². The first-order valence-electron chi connectivity index (χ1n) is 5.45. The number of benzene rings is 1. The van der Waals surface area contributed by atoms with Crippen molar-refractivity contribution in [2.24, 2.45) is 0 Å². The van der Waals surface area contributed by atoms with Crippen LogP contribution in [0.25, 0.3) is 0 Å². The molecule has 1 aliphatic rings. The predicted molar refractivity (Wildman–Crippen MR) is 78.1 cm³/mol. The molecule has 0 aliphatic carbocycles. The molecule has 0 saturated carbocycles. The number of hydrogen-bond donors (Lipinski definition) is 1. The highest BCUT2D eigenvalue weighted by atomic mass is 127. The first-order chi connectivity index (χ1) is 8.08. The molecule has 2 unspecified atom stereocenters. The van der Waals surface area contributed by atoms with Crippen LogP contribution >= 0.6 is 38.5 Å². The Morgan fingerprint density at radius 3 is 3.00 bits per heavy atom. The van der Waals surface area contributed by atoms with Crippen molar-refractivity contribution in [2.45, 2.75) is 25.5 Å². The average Bonchev–Trinajstić information content (AvgIpc) is 2.68. The number of amides is 1. The average molecular weight is 410 g/mol. The van der Waals surface area contributed by atoms with Crippen LogP contribution in [0.5, 0.6) is 0 Å². The zero-order chi connectivity index (χ0) is 12.4. The van der Waals surface area contributed by atoms with Gasteiger partial charge in [-0.3, -0.25) is 4.79 Å². The van der Waals surface area contributed by atoms with E-state index >= 15 is 0 Å². The van der Waals surface area contributed by atoms with Gasteiger partial charge < -0.3 is 10.1 Å². The van der Waals surface area contributed by atoms with E-state index in [9.17, 15) is 4.79 Å². The molecule has 17 heavy (non-hydrogen) atoms. The Bertz CT molecular complexity index is 439. The fourth-order valence-corrected chi connectivity index (χ4v) is 2.76. The van der Waals surface area contributed by atoms with Crippen molar-refractivity contribution in [3.8, 4) is 0 Å². The molecule has 1 aromatic rings. The molecule has 1 N–H and O–H groups in total. The lowest BCUT2D eigenvalue weighted by Gasteiger charge is -2.16. The third-order valence-electron chi connectivity index (χ3n) is 2.87. The summed E-state index contributed by atoms with van der Waals surface area (Å²) >= 11 is 5.60. The summed E-state index contributed by atoms with van der Waals surface area (Å²) in [6.45, 7) is 2.71. The Balaban J connectivity index is 2.11. The van der Waals surface area contributed by atoms with E-state index in [1.54, 1.807) is 0 Å². The van der Waals surface area contributed by atoms with Gasteiger partial charge in [-0.05, 0) is 70.1 Å². The number of carbonyl (C=O) groups excluding carboxylic acids is 1. The molecular formula is C12H13BrINO2. The standard InChI is InChI=1S/C12H13BrINO2/c1-7-11(4-5-17-7)15-12(16)9-6-8(14)2-3-10(9)13/h2-3,6-7,11H,4-5H2,1H3,(H,15,16). The molecule has 1 amide bonds. The molecule has 1 fully saturated rings. The van der Waals surface area contributed by atoms with Crippen LogP contribution in [0.2, 0.25) is 0 Å². The SMILES string of the molecule is CC1OCCC1NC(=O)c1cc(I)ccc1Br. The van der Waals surface area contributed by atoms with Crippen molar-refractivity contribution >= 4 is 44.4 Å². The zero-order valence-corrected chi connectivity index (χ0v) is 13.1. The molecule has 2 atom stereocenters. The van der Waals surface area contributed by atoms with Crippen molar-refractivity contribution in [3.05, 3.63) is 31.8 Å². The van der Waals surface area contributed by atoms with E-state index in [1.165, 1.54) is 0 Å². The highest BCUT2D eigenvalue weighted by Crippen LogP contribution is 2.20. The fraction of sp³-hybridized carbons (Fsp3) is 0.417. The van der Waals surface area contributed by atoms with E-state index in [2.05, 4.69) is 43.8 Å². The second-order valence-corrected chi connectivity index (χ2v) is 6.17. The maximum Gasteiger partial charge on any atom is 0.252 e. The molecule has 92 valence electrons. The number of ether oxygens (including phenoxy) is 1. The highest BCUT2D eigenvalue weighted by Gasteiger charge is 2.26. The second-order valence-electron chi connectivity index (χ2n) is 4.07. The maximum atomic E-state index is 12.1. The Hall–Kier alpha value is -0.140. The van der Waals surface area contributed by atoms with Crippen LogP contribution in [0.1, 0.15) is 23.7 Å². The number of nitrogens with one attached hydrogen (secondary N) is 1. The van der Waals surface area contributed by atoms with Gasteiger partial charge in [0, 0.05) is 14.6 Å².